The molecule has 0 atom stereocenters. The van der Waals surface area contributed by atoms with Crippen LogP contribution in [-0.4, -0.2) is 18.9 Å². The van der Waals surface area contributed by atoms with Crippen LogP contribution in [0.5, 0.6) is 17.5 Å². The Hall–Kier alpha value is -4.05. The summed E-state index contributed by atoms with van der Waals surface area (Å²) in [6.45, 7) is 0.436. The molecule has 0 aliphatic carbocycles. The van der Waals surface area contributed by atoms with Crippen molar-refractivity contribution in [1.82, 2.24) is 4.98 Å². The molecule has 36 heavy (non-hydrogen) atoms. The standard InChI is InChI=1S/C26H20F3NO5S/c27-26(28,29)36(31,32)35-22-13-7-12-21(16-22)23-14-15-24(33-17-19-8-3-1-4-9-19)30-25(23)34-18-20-10-5-2-6-11-20/h1-16H,17-18H2. The zero-order valence-electron chi connectivity index (χ0n) is 18.7. The first-order valence-electron chi connectivity index (χ1n) is 10.7. The van der Waals surface area contributed by atoms with Crippen LogP contribution >= 0.6 is 0 Å². The van der Waals surface area contributed by atoms with E-state index >= 15 is 0 Å². The van der Waals surface area contributed by atoms with Crippen molar-refractivity contribution in [3.63, 3.8) is 0 Å². The molecule has 0 bridgehead atoms. The van der Waals surface area contributed by atoms with E-state index in [0.717, 1.165) is 17.2 Å². The highest BCUT2D eigenvalue weighted by atomic mass is 32.2. The fraction of sp³-hybridized carbons (Fsp3) is 0.115. The lowest BCUT2D eigenvalue weighted by Gasteiger charge is -2.14. The molecule has 0 N–H and O–H groups in total. The van der Waals surface area contributed by atoms with Gasteiger partial charge in [-0.25, -0.2) is 0 Å². The van der Waals surface area contributed by atoms with Gasteiger partial charge in [0.05, 0.1) is 0 Å². The molecule has 0 saturated heterocycles. The molecule has 6 nitrogen and oxygen atoms in total. The van der Waals surface area contributed by atoms with Gasteiger partial charge in [0.25, 0.3) is 0 Å². The Morgan fingerprint density at radius 3 is 1.94 bits per heavy atom. The van der Waals surface area contributed by atoms with Gasteiger partial charge >= 0.3 is 15.6 Å². The van der Waals surface area contributed by atoms with Crippen molar-refractivity contribution in [1.29, 1.82) is 0 Å². The normalized spacial score (nSPS) is 11.6. The number of pyridine rings is 1. The number of hydrogen-bond donors (Lipinski definition) is 0. The van der Waals surface area contributed by atoms with Crippen LogP contribution in [0.2, 0.25) is 0 Å². The number of nitrogens with zero attached hydrogens (tertiary/aromatic N) is 1. The Labute approximate surface area is 206 Å². The Balaban J connectivity index is 1.63. The van der Waals surface area contributed by atoms with Crippen LogP contribution in [0, 0.1) is 0 Å². The van der Waals surface area contributed by atoms with Gasteiger partial charge in [0.2, 0.25) is 11.8 Å². The van der Waals surface area contributed by atoms with Crippen molar-refractivity contribution in [3.8, 4) is 28.6 Å². The van der Waals surface area contributed by atoms with Crippen molar-refractivity contribution in [2.24, 2.45) is 0 Å². The molecule has 10 heteroatoms. The maximum absolute atomic E-state index is 12.8. The molecule has 1 aromatic heterocycles. The molecule has 0 saturated carbocycles. The highest BCUT2D eigenvalue weighted by molar-refractivity contribution is 7.88. The highest BCUT2D eigenvalue weighted by Crippen LogP contribution is 2.34. The first kappa shape index (κ1) is 25.1. The quantitative estimate of drug-likeness (QED) is 0.197. The maximum atomic E-state index is 12.8. The summed E-state index contributed by atoms with van der Waals surface area (Å²) in [7, 11) is -5.81. The molecule has 186 valence electrons. The molecular weight excluding hydrogens is 495 g/mol. The SMILES string of the molecule is O=S(=O)(Oc1cccc(-c2ccc(OCc3ccccc3)nc2OCc2ccccc2)c1)C(F)(F)F. The van der Waals surface area contributed by atoms with Gasteiger partial charge in [-0.1, -0.05) is 72.8 Å². The van der Waals surface area contributed by atoms with Crippen LogP contribution in [0.25, 0.3) is 11.1 Å². The van der Waals surface area contributed by atoms with Crippen LogP contribution in [0.1, 0.15) is 11.1 Å². The molecule has 0 amide bonds. The minimum absolute atomic E-state index is 0.153. The molecule has 4 rings (SSSR count). The third-order valence-corrected chi connectivity index (χ3v) is 5.90. The van der Waals surface area contributed by atoms with Gasteiger partial charge in [0, 0.05) is 11.6 Å². The van der Waals surface area contributed by atoms with Gasteiger partial charge in [-0.15, -0.1) is 0 Å². The van der Waals surface area contributed by atoms with E-state index < -0.39 is 21.4 Å². The number of ether oxygens (including phenoxy) is 2. The van der Waals surface area contributed by atoms with Gasteiger partial charge in [-0.2, -0.15) is 26.6 Å². The summed E-state index contributed by atoms with van der Waals surface area (Å²) in [6.07, 6.45) is 0. The van der Waals surface area contributed by atoms with Crippen molar-refractivity contribution >= 4 is 10.1 Å². The first-order chi connectivity index (χ1) is 17.2. The molecule has 0 unspecified atom stereocenters. The van der Waals surface area contributed by atoms with Crippen molar-refractivity contribution in [2.45, 2.75) is 18.7 Å². The van der Waals surface area contributed by atoms with E-state index in [1.807, 2.05) is 60.7 Å². The Kier molecular flexibility index (Phi) is 7.44. The van der Waals surface area contributed by atoms with Gasteiger partial charge in [0.1, 0.15) is 19.0 Å². The fourth-order valence-corrected chi connectivity index (χ4v) is 3.63. The largest absolute Gasteiger partial charge is 0.534 e. The van der Waals surface area contributed by atoms with Crippen LogP contribution < -0.4 is 13.7 Å². The average Bonchev–Trinajstić information content (AvgIpc) is 2.87. The van der Waals surface area contributed by atoms with Crippen LogP contribution in [0.15, 0.2) is 97.1 Å². The van der Waals surface area contributed by atoms with E-state index in [4.69, 9.17) is 9.47 Å². The van der Waals surface area contributed by atoms with Crippen molar-refractivity contribution in [2.75, 3.05) is 0 Å². The lowest BCUT2D eigenvalue weighted by Crippen LogP contribution is -2.28. The summed E-state index contributed by atoms with van der Waals surface area (Å²) < 4.78 is 77.1. The van der Waals surface area contributed by atoms with Crippen LogP contribution in [0.3, 0.4) is 0 Å². The number of benzene rings is 3. The summed E-state index contributed by atoms with van der Waals surface area (Å²) in [5, 5.41) is 0. The van der Waals surface area contributed by atoms with E-state index in [0.29, 0.717) is 11.1 Å². The Bertz CT molecular complexity index is 1410. The molecular formula is C26H20F3NO5S. The third-order valence-electron chi connectivity index (χ3n) is 4.92. The predicted octanol–water partition coefficient (Wildman–Crippen LogP) is 6.14. The topological polar surface area (TPSA) is 74.7 Å². The zero-order chi connectivity index (χ0) is 25.6. The summed E-state index contributed by atoms with van der Waals surface area (Å²) in [6, 6.07) is 27.2. The molecule has 0 aliphatic rings. The smallest absolute Gasteiger partial charge is 0.473 e. The minimum atomic E-state index is -5.81. The van der Waals surface area contributed by atoms with Gasteiger partial charge < -0.3 is 13.7 Å². The second-order valence-electron chi connectivity index (χ2n) is 7.56. The molecule has 0 radical (unpaired) electrons. The third kappa shape index (κ3) is 6.33. The lowest BCUT2D eigenvalue weighted by molar-refractivity contribution is -0.0500. The minimum Gasteiger partial charge on any atom is -0.473 e. The van der Waals surface area contributed by atoms with Crippen LogP contribution in [0.4, 0.5) is 13.2 Å². The van der Waals surface area contributed by atoms with Crippen molar-refractivity contribution < 1.29 is 35.2 Å². The predicted molar refractivity (Wildman–Crippen MR) is 127 cm³/mol. The number of alkyl halides is 3. The first-order valence-corrected chi connectivity index (χ1v) is 12.1. The average molecular weight is 516 g/mol. The summed E-state index contributed by atoms with van der Waals surface area (Å²) in [5.74, 6) is -0.0683. The molecule has 0 fully saturated rings. The van der Waals surface area contributed by atoms with E-state index in [9.17, 15) is 21.6 Å². The second kappa shape index (κ2) is 10.7. The number of aromatic nitrogens is 1. The summed E-state index contributed by atoms with van der Waals surface area (Å²) in [4.78, 5) is 4.44. The molecule has 1 heterocycles. The highest BCUT2D eigenvalue weighted by Gasteiger charge is 2.48. The molecule has 0 aliphatic heterocycles. The van der Waals surface area contributed by atoms with E-state index in [1.165, 1.54) is 12.1 Å². The second-order valence-corrected chi connectivity index (χ2v) is 9.10. The van der Waals surface area contributed by atoms with E-state index in [-0.39, 0.29) is 25.0 Å². The van der Waals surface area contributed by atoms with Crippen LogP contribution in [-0.2, 0) is 23.3 Å². The van der Waals surface area contributed by atoms with Gasteiger partial charge in [0.15, 0.2) is 0 Å². The summed E-state index contributed by atoms with van der Waals surface area (Å²) >= 11 is 0. The van der Waals surface area contributed by atoms with Gasteiger partial charge in [-0.05, 0) is 34.9 Å². The van der Waals surface area contributed by atoms with E-state index in [1.54, 1.807) is 18.2 Å². The Morgan fingerprint density at radius 2 is 1.33 bits per heavy atom. The number of halogens is 3. The lowest BCUT2D eigenvalue weighted by atomic mass is 10.1. The fourth-order valence-electron chi connectivity index (χ4n) is 3.18. The monoisotopic (exact) mass is 515 g/mol. The molecule has 4 aromatic rings. The molecule has 3 aromatic carbocycles. The van der Waals surface area contributed by atoms with Crippen molar-refractivity contribution in [3.05, 3.63) is 108 Å². The summed E-state index contributed by atoms with van der Waals surface area (Å²) in [5.41, 5.74) is -2.99. The molecule has 0 spiro atoms. The number of hydrogen-bond acceptors (Lipinski definition) is 6. The number of rotatable bonds is 9. The Morgan fingerprint density at radius 1 is 0.722 bits per heavy atom. The van der Waals surface area contributed by atoms with Gasteiger partial charge in [-0.3, -0.25) is 0 Å². The van der Waals surface area contributed by atoms with E-state index in [2.05, 4.69) is 9.17 Å². The maximum Gasteiger partial charge on any atom is 0.534 e. The zero-order valence-corrected chi connectivity index (χ0v) is 19.5.